The van der Waals surface area contributed by atoms with Crippen LogP contribution in [-0.4, -0.2) is 0 Å². The van der Waals surface area contributed by atoms with E-state index in [1.165, 1.54) is 88.3 Å². The Hall–Kier alpha value is -7.68. The zero-order valence-corrected chi connectivity index (χ0v) is 36.4. The van der Waals surface area contributed by atoms with Crippen molar-refractivity contribution >= 4 is 60.5 Å². The lowest BCUT2D eigenvalue weighted by Crippen LogP contribution is -2.17. The van der Waals surface area contributed by atoms with E-state index in [4.69, 9.17) is 4.42 Å². The molecule has 11 aromatic rings. The van der Waals surface area contributed by atoms with Crippen molar-refractivity contribution in [2.24, 2.45) is 0 Å². The van der Waals surface area contributed by atoms with Crippen LogP contribution in [0, 0.1) is 0 Å². The summed E-state index contributed by atoms with van der Waals surface area (Å²) >= 11 is 0. The lowest BCUT2D eigenvalue weighted by atomic mass is 9.81. The highest BCUT2D eigenvalue weighted by Gasteiger charge is 2.37. The van der Waals surface area contributed by atoms with E-state index in [-0.39, 0.29) is 10.8 Å². The van der Waals surface area contributed by atoms with Crippen LogP contribution >= 0.6 is 0 Å². The second kappa shape index (κ2) is 13.4. The standard InChI is InChI=1S/C62H45NO/c1-61(2)54-25-13-10-21-46(54)52-35-39(28-33-55(52)61)60-50(51-34-38-16-5-6-17-42(38)43-18-7-8-19-44(43)51)23-15-26-57(60)63(41-30-32-49-48-22-11-14-27-58(48)64-59(49)37-41)40-29-31-47-45-20-9-12-24-53(45)62(3,4)56(47)36-40/h5-37H,1-4H3. The first-order chi connectivity index (χ1) is 31.3. The quantitative estimate of drug-likeness (QED) is 0.161. The van der Waals surface area contributed by atoms with Gasteiger partial charge in [-0.1, -0.05) is 173 Å². The van der Waals surface area contributed by atoms with E-state index in [0.717, 1.165) is 39.0 Å². The van der Waals surface area contributed by atoms with Gasteiger partial charge >= 0.3 is 0 Å². The highest BCUT2D eigenvalue weighted by molar-refractivity contribution is 6.16. The Morgan fingerprint density at radius 2 is 0.922 bits per heavy atom. The molecule has 304 valence electrons. The molecule has 2 aliphatic carbocycles. The molecule has 0 amide bonds. The molecular weight excluding hydrogens is 775 g/mol. The van der Waals surface area contributed by atoms with Crippen molar-refractivity contribution in [1.82, 2.24) is 0 Å². The number of anilines is 3. The largest absolute Gasteiger partial charge is 0.456 e. The fraction of sp³-hybridized carbons (Fsp3) is 0.0968. The van der Waals surface area contributed by atoms with Crippen LogP contribution < -0.4 is 4.90 Å². The molecule has 2 aliphatic rings. The fourth-order valence-corrected chi connectivity index (χ4v) is 11.5. The number of furan rings is 1. The highest BCUT2D eigenvalue weighted by atomic mass is 16.3. The molecule has 0 fully saturated rings. The number of benzene rings is 10. The summed E-state index contributed by atoms with van der Waals surface area (Å²) in [5.74, 6) is 0. The summed E-state index contributed by atoms with van der Waals surface area (Å²) in [4.78, 5) is 2.49. The van der Waals surface area contributed by atoms with E-state index in [1.54, 1.807) is 0 Å². The van der Waals surface area contributed by atoms with Crippen molar-refractivity contribution < 1.29 is 4.42 Å². The summed E-state index contributed by atoms with van der Waals surface area (Å²) in [5, 5.41) is 7.22. The molecule has 64 heavy (non-hydrogen) atoms. The summed E-state index contributed by atoms with van der Waals surface area (Å²) in [6.07, 6.45) is 0. The van der Waals surface area contributed by atoms with Gasteiger partial charge in [-0.15, -0.1) is 0 Å². The number of hydrogen-bond donors (Lipinski definition) is 0. The Labute approximate surface area is 373 Å². The number of hydrogen-bond acceptors (Lipinski definition) is 2. The van der Waals surface area contributed by atoms with E-state index in [9.17, 15) is 0 Å². The Morgan fingerprint density at radius 3 is 1.73 bits per heavy atom. The zero-order valence-electron chi connectivity index (χ0n) is 36.4. The number of nitrogens with zero attached hydrogens (tertiary/aromatic N) is 1. The molecule has 1 heterocycles. The van der Waals surface area contributed by atoms with Gasteiger partial charge in [0.1, 0.15) is 11.2 Å². The predicted octanol–water partition coefficient (Wildman–Crippen LogP) is 17.3. The maximum Gasteiger partial charge on any atom is 0.137 e. The molecule has 13 rings (SSSR count). The van der Waals surface area contributed by atoms with Gasteiger partial charge in [0, 0.05) is 44.6 Å². The molecule has 0 saturated carbocycles. The van der Waals surface area contributed by atoms with Crippen molar-refractivity contribution in [2.75, 3.05) is 4.90 Å². The number of fused-ring (bicyclic) bond motifs is 12. The molecule has 0 spiro atoms. The van der Waals surface area contributed by atoms with Gasteiger partial charge in [0.2, 0.25) is 0 Å². The SMILES string of the molecule is CC1(C)c2ccccc2-c2cc(-c3c(-c4cc5ccccc5c5ccccc45)cccc3N(c3ccc4c(c3)C(C)(C)c3ccccc3-4)c3ccc4c(c3)oc3ccccc34)ccc21. The van der Waals surface area contributed by atoms with Crippen LogP contribution in [0.4, 0.5) is 17.1 Å². The summed E-state index contributed by atoms with van der Waals surface area (Å²) < 4.78 is 6.64. The normalized spacial score (nSPS) is 14.2. The molecule has 0 saturated heterocycles. The van der Waals surface area contributed by atoms with E-state index >= 15 is 0 Å². The van der Waals surface area contributed by atoms with Gasteiger partial charge in [0.15, 0.2) is 0 Å². The maximum absolute atomic E-state index is 6.64. The third kappa shape index (κ3) is 5.20. The van der Waals surface area contributed by atoms with E-state index in [0.29, 0.717) is 0 Å². The van der Waals surface area contributed by atoms with Gasteiger partial charge in [0.05, 0.1) is 5.69 Å². The van der Waals surface area contributed by atoms with Crippen molar-refractivity contribution in [3.05, 3.63) is 222 Å². The fourth-order valence-electron chi connectivity index (χ4n) is 11.5. The Kier molecular flexibility index (Phi) is 7.74. The third-order valence-electron chi connectivity index (χ3n) is 14.7. The monoisotopic (exact) mass is 819 g/mol. The predicted molar refractivity (Wildman–Crippen MR) is 269 cm³/mol. The average molecular weight is 820 g/mol. The van der Waals surface area contributed by atoms with Gasteiger partial charge in [-0.25, -0.2) is 0 Å². The molecule has 2 nitrogen and oxygen atoms in total. The first kappa shape index (κ1) is 36.9. The number of rotatable bonds is 5. The topological polar surface area (TPSA) is 16.4 Å². The van der Waals surface area contributed by atoms with Gasteiger partial charge in [-0.05, 0) is 131 Å². The second-order valence-corrected chi connectivity index (χ2v) is 18.8. The molecule has 0 bridgehead atoms. The van der Waals surface area contributed by atoms with Crippen LogP contribution in [0.2, 0.25) is 0 Å². The molecule has 0 aliphatic heterocycles. The summed E-state index contributed by atoms with van der Waals surface area (Å²) in [7, 11) is 0. The maximum atomic E-state index is 6.64. The Balaban J connectivity index is 1.13. The van der Waals surface area contributed by atoms with Crippen molar-refractivity contribution in [3.8, 4) is 44.5 Å². The highest BCUT2D eigenvalue weighted by Crippen LogP contribution is 2.55. The van der Waals surface area contributed by atoms with Crippen molar-refractivity contribution in [1.29, 1.82) is 0 Å². The Bertz CT molecular complexity index is 3750. The minimum absolute atomic E-state index is 0.107. The first-order valence-electron chi connectivity index (χ1n) is 22.5. The molecule has 2 heteroatoms. The van der Waals surface area contributed by atoms with Gasteiger partial charge in [-0.2, -0.15) is 0 Å². The van der Waals surface area contributed by atoms with Crippen LogP contribution in [0.3, 0.4) is 0 Å². The third-order valence-corrected chi connectivity index (χ3v) is 14.7. The lowest BCUT2D eigenvalue weighted by molar-refractivity contribution is 0.660. The summed E-state index contributed by atoms with van der Waals surface area (Å²) in [5.41, 5.74) is 20.1. The van der Waals surface area contributed by atoms with Crippen molar-refractivity contribution in [2.45, 2.75) is 38.5 Å². The second-order valence-electron chi connectivity index (χ2n) is 18.8. The molecule has 0 N–H and O–H groups in total. The van der Waals surface area contributed by atoms with Crippen LogP contribution in [0.1, 0.15) is 49.9 Å². The molecule has 0 atom stereocenters. The van der Waals surface area contributed by atoms with Crippen LogP contribution in [-0.2, 0) is 10.8 Å². The minimum atomic E-state index is -0.175. The van der Waals surface area contributed by atoms with Crippen LogP contribution in [0.15, 0.2) is 205 Å². The van der Waals surface area contributed by atoms with E-state index in [1.807, 2.05) is 6.07 Å². The van der Waals surface area contributed by atoms with Crippen LogP contribution in [0.5, 0.6) is 0 Å². The molecule has 0 radical (unpaired) electrons. The Morgan fingerprint density at radius 1 is 0.344 bits per heavy atom. The first-order valence-corrected chi connectivity index (χ1v) is 22.5. The summed E-state index contributed by atoms with van der Waals surface area (Å²) in [6.45, 7) is 9.46. The molecular formula is C62H45NO. The lowest BCUT2D eigenvalue weighted by Gasteiger charge is -2.31. The van der Waals surface area contributed by atoms with Crippen molar-refractivity contribution in [3.63, 3.8) is 0 Å². The number of para-hydroxylation sites is 1. The van der Waals surface area contributed by atoms with Gasteiger partial charge in [-0.3, -0.25) is 0 Å². The molecule has 10 aromatic carbocycles. The van der Waals surface area contributed by atoms with E-state index in [2.05, 4.69) is 227 Å². The smallest absolute Gasteiger partial charge is 0.137 e. The van der Waals surface area contributed by atoms with Gasteiger partial charge in [0.25, 0.3) is 0 Å². The molecule has 0 unspecified atom stereocenters. The zero-order chi connectivity index (χ0) is 42.9. The minimum Gasteiger partial charge on any atom is -0.456 e. The summed E-state index contributed by atoms with van der Waals surface area (Å²) in [6, 6.07) is 74.4. The average Bonchev–Trinajstić information content (AvgIpc) is 3.90. The molecule has 1 aromatic heterocycles. The van der Waals surface area contributed by atoms with Gasteiger partial charge < -0.3 is 9.32 Å². The van der Waals surface area contributed by atoms with Crippen LogP contribution in [0.25, 0.3) is 88.0 Å². The van der Waals surface area contributed by atoms with E-state index < -0.39 is 0 Å².